The van der Waals surface area contributed by atoms with Gasteiger partial charge < -0.3 is 15.4 Å². The number of halogens is 2. The van der Waals surface area contributed by atoms with Gasteiger partial charge in [-0.25, -0.2) is 4.98 Å². The zero-order valence-corrected chi connectivity index (χ0v) is 18.0. The number of rotatable bonds is 6. The van der Waals surface area contributed by atoms with Crippen LogP contribution in [0.4, 0.5) is 5.82 Å². The van der Waals surface area contributed by atoms with Crippen LogP contribution < -0.4 is 15.4 Å². The molecular weight excluding hydrogens is 397 g/mol. The average molecular weight is 430 g/mol. The Labute approximate surface area is 180 Å². The van der Waals surface area contributed by atoms with Crippen LogP contribution in [0.3, 0.4) is 0 Å². The average Bonchev–Trinajstić information content (AvgIpc) is 3.00. The normalized spacial score (nSPS) is 26.6. The number of fused-ring (bicyclic) bond motifs is 2. The second kappa shape index (κ2) is 11.2. The van der Waals surface area contributed by atoms with Crippen LogP contribution in [0.25, 0.3) is 0 Å². The van der Waals surface area contributed by atoms with Gasteiger partial charge in [-0.1, -0.05) is 19.3 Å². The first-order valence-electron chi connectivity index (χ1n) is 10.4. The third kappa shape index (κ3) is 6.23. The molecule has 0 radical (unpaired) electrons. The Balaban J connectivity index is 0.00000140. The maximum Gasteiger partial charge on any atom is 0.225 e. The molecule has 4 rings (SSSR count). The van der Waals surface area contributed by atoms with E-state index in [-0.39, 0.29) is 30.7 Å². The van der Waals surface area contributed by atoms with Crippen molar-refractivity contribution in [3.8, 4) is 5.75 Å². The first-order valence-corrected chi connectivity index (χ1v) is 10.4. The number of amides is 1. The first kappa shape index (κ1) is 23.2. The predicted octanol–water partition coefficient (Wildman–Crippen LogP) is 4.74. The molecule has 0 spiro atoms. The van der Waals surface area contributed by atoms with Crippen LogP contribution in [0.2, 0.25) is 0 Å². The van der Waals surface area contributed by atoms with E-state index in [4.69, 9.17) is 4.74 Å². The fraction of sp³-hybridized carbons (Fsp3) is 0.714. The number of pyridine rings is 1. The molecule has 3 heterocycles. The highest BCUT2D eigenvalue weighted by molar-refractivity contribution is 5.91. The Morgan fingerprint density at radius 1 is 1.07 bits per heavy atom. The van der Waals surface area contributed by atoms with Crippen molar-refractivity contribution in [2.24, 2.45) is 11.8 Å². The minimum absolute atomic E-state index is 0. The molecule has 158 valence electrons. The van der Waals surface area contributed by atoms with E-state index in [1.807, 2.05) is 12.1 Å². The van der Waals surface area contributed by atoms with Gasteiger partial charge in [-0.3, -0.25) is 4.79 Å². The SMILES string of the molecule is Cl.Cl.O=C(CC1CC2CCC(C1)N2)Nc1ncccc1OCC1CCCCC1. The highest BCUT2D eigenvalue weighted by Gasteiger charge is 2.34. The maximum absolute atomic E-state index is 12.5. The molecule has 0 aromatic carbocycles. The van der Waals surface area contributed by atoms with Gasteiger partial charge >= 0.3 is 0 Å². The van der Waals surface area contributed by atoms with Crippen molar-refractivity contribution in [1.82, 2.24) is 10.3 Å². The van der Waals surface area contributed by atoms with Crippen LogP contribution in [0.15, 0.2) is 18.3 Å². The second-order valence-corrected chi connectivity index (χ2v) is 8.39. The summed E-state index contributed by atoms with van der Waals surface area (Å²) in [4.78, 5) is 16.9. The molecule has 1 amide bonds. The van der Waals surface area contributed by atoms with Crippen molar-refractivity contribution in [3.05, 3.63) is 18.3 Å². The smallest absolute Gasteiger partial charge is 0.225 e. The molecular formula is C21H33Cl2N3O2. The molecule has 5 nitrogen and oxygen atoms in total. The zero-order chi connectivity index (χ0) is 17.8. The van der Waals surface area contributed by atoms with Crippen LogP contribution in [0, 0.1) is 11.8 Å². The highest BCUT2D eigenvalue weighted by atomic mass is 35.5. The number of anilines is 1. The number of hydrogen-bond acceptors (Lipinski definition) is 4. The van der Waals surface area contributed by atoms with Gasteiger partial charge in [0.1, 0.15) is 0 Å². The van der Waals surface area contributed by atoms with Crippen LogP contribution in [0.5, 0.6) is 5.75 Å². The summed E-state index contributed by atoms with van der Waals surface area (Å²) in [6, 6.07) is 5.03. The van der Waals surface area contributed by atoms with Gasteiger partial charge in [0.15, 0.2) is 11.6 Å². The van der Waals surface area contributed by atoms with Crippen LogP contribution >= 0.6 is 24.8 Å². The Bertz CT molecular complexity index is 613. The lowest BCUT2D eigenvalue weighted by Gasteiger charge is -2.28. The highest BCUT2D eigenvalue weighted by Crippen LogP contribution is 2.33. The zero-order valence-electron chi connectivity index (χ0n) is 16.4. The van der Waals surface area contributed by atoms with E-state index in [1.165, 1.54) is 44.9 Å². The first-order chi connectivity index (χ1) is 12.8. The van der Waals surface area contributed by atoms with E-state index in [0.29, 0.717) is 41.9 Å². The molecule has 2 N–H and O–H groups in total. The number of hydrogen-bond donors (Lipinski definition) is 2. The number of carbonyl (C=O) groups is 1. The standard InChI is InChI=1S/C21H31N3O2.2ClH/c25-20(13-16-11-17-8-9-18(12-16)23-17)24-21-19(7-4-10-22-21)26-14-15-5-2-1-3-6-15;;/h4,7,10,15-18,23H,1-3,5-6,8-9,11-14H2,(H,22,24,25);2*1H. The summed E-state index contributed by atoms with van der Waals surface area (Å²) >= 11 is 0. The quantitative estimate of drug-likeness (QED) is 0.684. The van der Waals surface area contributed by atoms with E-state index in [0.717, 1.165) is 19.4 Å². The van der Waals surface area contributed by atoms with Crippen LogP contribution in [-0.4, -0.2) is 29.6 Å². The number of aromatic nitrogens is 1. The summed E-state index contributed by atoms with van der Waals surface area (Å²) in [5.74, 6) is 2.47. The Morgan fingerprint density at radius 2 is 1.79 bits per heavy atom. The van der Waals surface area contributed by atoms with Crippen molar-refractivity contribution in [2.75, 3.05) is 11.9 Å². The lowest BCUT2D eigenvalue weighted by Crippen LogP contribution is -2.39. The molecule has 1 aliphatic carbocycles. The molecule has 1 saturated carbocycles. The van der Waals surface area contributed by atoms with E-state index in [1.54, 1.807) is 6.20 Å². The van der Waals surface area contributed by atoms with E-state index in [9.17, 15) is 4.79 Å². The van der Waals surface area contributed by atoms with E-state index in [2.05, 4.69) is 15.6 Å². The molecule has 2 atom stereocenters. The Kier molecular flexibility index (Phi) is 9.32. The van der Waals surface area contributed by atoms with Gasteiger partial charge in [0.05, 0.1) is 6.61 Å². The number of nitrogens with zero attached hydrogens (tertiary/aromatic N) is 1. The van der Waals surface area contributed by atoms with Gasteiger partial charge in [-0.2, -0.15) is 0 Å². The summed E-state index contributed by atoms with van der Waals surface area (Å²) in [5.41, 5.74) is 0. The molecule has 2 aliphatic heterocycles. The lowest BCUT2D eigenvalue weighted by atomic mass is 9.89. The third-order valence-electron chi connectivity index (χ3n) is 6.27. The molecule has 2 bridgehead atoms. The van der Waals surface area contributed by atoms with Crippen molar-refractivity contribution in [3.63, 3.8) is 0 Å². The van der Waals surface area contributed by atoms with Crippen LogP contribution in [-0.2, 0) is 4.79 Å². The van der Waals surface area contributed by atoms with Crippen LogP contribution in [0.1, 0.15) is 64.2 Å². The van der Waals surface area contributed by atoms with Crippen molar-refractivity contribution < 1.29 is 9.53 Å². The summed E-state index contributed by atoms with van der Waals surface area (Å²) in [6.07, 6.45) is 13.6. The van der Waals surface area contributed by atoms with E-state index < -0.39 is 0 Å². The summed E-state index contributed by atoms with van der Waals surface area (Å²) < 4.78 is 6.02. The molecule has 2 saturated heterocycles. The molecule has 3 fully saturated rings. The fourth-order valence-electron chi connectivity index (χ4n) is 4.95. The van der Waals surface area contributed by atoms with Gasteiger partial charge in [-0.15, -0.1) is 24.8 Å². The van der Waals surface area contributed by atoms with Gasteiger partial charge in [0, 0.05) is 24.7 Å². The molecule has 3 aliphatic rings. The molecule has 2 unspecified atom stereocenters. The van der Waals surface area contributed by atoms with Crippen molar-refractivity contribution in [2.45, 2.75) is 76.3 Å². The lowest BCUT2D eigenvalue weighted by molar-refractivity contribution is -0.117. The largest absolute Gasteiger partial charge is 0.489 e. The number of ether oxygens (including phenoxy) is 1. The summed E-state index contributed by atoms with van der Waals surface area (Å²) in [7, 11) is 0. The van der Waals surface area contributed by atoms with Gasteiger partial charge in [0.25, 0.3) is 0 Å². The minimum atomic E-state index is 0. The number of nitrogens with one attached hydrogen (secondary N) is 2. The molecule has 1 aromatic heterocycles. The van der Waals surface area contributed by atoms with E-state index >= 15 is 0 Å². The number of carbonyl (C=O) groups excluding carboxylic acids is 1. The van der Waals surface area contributed by atoms with Gasteiger partial charge in [-0.05, 0) is 62.5 Å². The topological polar surface area (TPSA) is 63.2 Å². The number of piperidine rings is 1. The monoisotopic (exact) mass is 429 g/mol. The second-order valence-electron chi connectivity index (χ2n) is 8.39. The summed E-state index contributed by atoms with van der Waals surface area (Å²) in [6.45, 7) is 0.728. The molecule has 7 heteroatoms. The Hall–Kier alpha value is -1.04. The maximum atomic E-state index is 12.5. The predicted molar refractivity (Wildman–Crippen MR) is 117 cm³/mol. The third-order valence-corrected chi connectivity index (χ3v) is 6.27. The van der Waals surface area contributed by atoms with Crippen molar-refractivity contribution in [1.29, 1.82) is 0 Å². The summed E-state index contributed by atoms with van der Waals surface area (Å²) in [5, 5.41) is 6.64. The van der Waals surface area contributed by atoms with Gasteiger partial charge in [0.2, 0.25) is 5.91 Å². The Morgan fingerprint density at radius 3 is 2.50 bits per heavy atom. The molecule has 1 aromatic rings. The fourth-order valence-corrected chi connectivity index (χ4v) is 4.95. The minimum Gasteiger partial charge on any atom is -0.489 e. The molecule has 28 heavy (non-hydrogen) atoms. The van der Waals surface area contributed by atoms with Crippen molar-refractivity contribution >= 4 is 36.5 Å².